The lowest BCUT2D eigenvalue weighted by Crippen LogP contribution is -2.23. The summed E-state index contributed by atoms with van der Waals surface area (Å²) in [5, 5.41) is 7.29. The summed E-state index contributed by atoms with van der Waals surface area (Å²) in [5.41, 5.74) is 2.36. The maximum Gasteiger partial charge on any atom is 0.277 e. The molecule has 0 aliphatic rings. The topological polar surface area (TPSA) is 68.4 Å². The van der Waals surface area contributed by atoms with E-state index in [0.717, 1.165) is 17.5 Å². The summed E-state index contributed by atoms with van der Waals surface area (Å²) >= 11 is 6.00. The molecule has 0 unspecified atom stereocenters. The van der Waals surface area contributed by atoms with Crippen LogP contribution in [0.3, 0.4) is 0 Å². The molecule has 4 aromatic rings. The molecule has 0 saturated carbocycles. The minimum Gasteiger partial charge on any atom is -0.347 e. The third kappa shape index (κ3) is 3.49. The average molecular weight is 413 g/mol. The van der Waals surface area contributed by atoms with Crippen molar-refractivity contribution in [2.45, 2.75) is 26.4 Å². The van der Waals surface area contributed by atoms with Crippen LogP contribution in [-0.4, -0.2) is 20.1 Å². The SMILES string of the molecule is CCCn1c(=O)c2cc(C(=O)NCc3ccc(F)cc3Cl)nn2c2ccccc21. The molecule has 2 aromatic carbocycles. The summed E-state index contributed by atoms with van der Waals surface area (Å²) in [6.07, 6.45) is 0.806. The van der Waals surface area contributed by atoms with E-state index >= 15 is 0 Å². The number of nitrogens with one attached hydrogen (secondary N) is 1. The van der Waals surface area contributed by atoms with Crippen molar-refractivity contribution in [2.75, 3.05) is 0 Å². The van der Waals surface area contributed by atoms with Crippen LogP contribution in [0.5, 0.6) is 0 Å². The zero-order valence-corrected chi connectivity index (χ0v) is 16.4. The first kappa shape index (κ1) is 19.1. The van der Waals surface area contributed by atoms with Crippen molar-refractivity contribution < 1.29 is 9.18 Å². The van der Waals surface area contributed by atoms with Crippen LogP contribution in [0.2, 0.25) is 5.02 Å². The molecule has 4 rings (SSSR count). The molecule has 0 aliphatic heterocycles. The number of benzene rings is 2. The van der Waals surface area contributed by atoms with Crippen LogP contribution in [0.25, 0.3) is 16.6 Å². The Hall–Kier alpha value is -3.19. The molecular weight excluding hydrogens is 395 g/mol. The van der Waals surface area contributed by atoms with Crippen LogP contribution in [0, 0.1) is 5.82 Å². The number of aryl methyl sites for hydroxylation is 1. The molecule has 0 radical (unpaired) electrons. The van der Waals surface area contributed by atoms with Crippen molar-refractivity contribution in [2.24, 2.45) is 0 Å². The molecule has 1 N–H and O–H groups in total. The van der Waals surface area contributed by atoms with Crippen molar-refractivity contribution in [3.05, 3.63) is 81.0 Å². The molecule has 2 aromatic heterocycles. The van der Waals surface area contributed by atoms with Gasteiger partial charge in [-0.25, -0.2) is 8.91 Å². The van der Waals surface area contributed by atoms with Gasteiger partial charge in [0.05, 0.1) is 11.0 Å². The first-order valence-electron chi connectivity index (χ1n) is 9.23. The van der Waals surface area contributed by atoms with Crippen LogP contribution >= 0.6 is 11.6 Å². The van der Waals surface area contributed by atoms with E-state index in [1.54, 1.807) is 4.57 Å². The van der Waals surface area contributed by atoms with E-state index in [-0.39, 0.29) is 22.8 Å². The number of halogens is 2. The van der Waals surface area contributed by atoms with Gasteiger partial charge in [-0.3, -0.25) is 9.59 Å². The van der Waals surface area contributed by atoms with Gasteiger partial charge in [-0.2, -0.15) is 5.10 Å². The van der Waals surface area contributed by atoms with Gasteiger partial charge in [0.15, 0.2) is 5.69 Å². The lowest BCUT2D eigenvalue weighted by molar-refractivity contribution is 0.0945. The van der Waals surface area contributed by atoms with Crippen molar-refractivity contribution in [1.29, 1.82) is 0 Å². The number of nitrogens with zero attached hydrogens (tertiary/aromatic N) is 3. The Morgan fingerprint density at radius 1 is 1.14 bits per heavy atom. The predicted molar refractivity (Wildman–Crippen MR) is 110 cm³/mol. The second-order valence-electron chi connectivity index (χ2n) is 6.69. The number of rotatable bonds is 5. The quantitative estimate of drug-likeness (QED) is 0.542. The highest BCUT2D eigenvalue weighted by molar-refractivity contribution is 6.31. The number of hydrogen-bond acceptors (Lipinski definition) is 3. The van der Waals surface area contributed by atoms with Crippen molar-refractivity contribution in [3.63, 3.8) is 0 Å². The van der Waals surface area contributed by atoms with Gasteiger partial charge in [0.25, 0.3) is 11.5 Å². The van der Waals surface area contributed by atoms with E-state index in [2.05, 4.69) is 10.4 Å². The van der Waals surface area contributed by atoms with Gasteiger partial charge >= 0.3 is 0 Å². The maximum atomic E-state index is 13.2. The van der Waals surface area contributed by atoms with Crippen molar-refractivity contribution >= 4 is 34.1 Å². The largest absolute Gasteiger partial charge is 0.347 e. The highest BCUT2D eigenvalue weighted by Crippen LogP contribution is 2.18. The Kier molecular flexibility index (Phi) is 5.07. The standard InChI is InChI=1S/C21H18ClFN4O2/c1-2-9-26-17-5-3-4-6-18(17)27-19(21(26)29)11-16(25-27)20(28)24-12-13-7-8-14(23)10-15(13)22/h3-8,10-11H,2,9,12H2,1H3,(H,24,28). The smallest absolute Gasteiger partial charge is 0.277 e. The minimum atomic E-state index is -0.445. The van der Waals surface area contributed by atoms with Crippen LogP contribution in [0.1, 0.15) is 29.4 Å². The van der Waals surface area contributed by atoms with Gasteiger partial charge in [-0.1, -0.05) is 36.7 Å². The highest BCUT2D eigenvalue weighted by Gasteiger charge is 2.17. The third-order valence-electron chi connectivity index (χ3n) is 4.71. The average Bonchev–Trinajstić information content (AvgIpc) is 3.16. The number of para-hydroxylation sites is 2. The van der Waals surface area contributed by atoms with Crippen LogP contribution in [0.15, 0.2) is 53.3 Å². The second-order valence-corrected chi connectivity index (χ2v) is 7.10. The summed E-state index contributed by atoms with van der Waals surface area (Å²) < 4.78 is 16.4. The molecular formula is C21H18ClFN4O2. The van der Waals surface area contributed by atoms with E-state index in [0.29, 0.717) is 17.6 Å². The lowest BCUT2D eigenvalue weighted by Gasteiger charge is -2.10. The molecule has 0 spiro atoms. The first-order chi connectivity index (χ1) is 14.0. The third-order valence-corrected chi connectivity index (χ3v) is 5.06. The Morgan fingerprint density at radius 3 is 2.62 bits per heavy atom. The van der Waals surface area contributed by atoms with Crippen LogP contribution in [0.4, 0.5) is 4.39 Å². The van der Waals surface area contributed by atoms with Crippen molar-refractivity contribution in [3.8, 4) is 0 Å². The molecule has 8 heteroatoms. The summed E-state index contributed by atoms with van der Waals surface area (Å²) in [5.74, 6) is -0.889. The van der Waals surface area contributed by atoms with Crippen LogP contribution in [-0.2, 0) is 13.1 Å². The molecule has 2 heterocycles. The number of carbonyl (C=O) groups excluding carboxylic acids is 1. The molecule has 29 heavy (non-hydrogen) atoms. The van der Waals surface area contributed by atoms with E-state index < -0.39 is 11.7 Å². The number of aromatic nitrogens is 3. The number of fused-ring (bicyclic) bond motifs is 3. The summed E-state index contributed by atoms with van der Waals surface area (Å²) in [4.78, 5) is 25.6. The van der Waals surface area contributed by atoms with Gasteiger partial charge in [-0.15, -0.1) is 0 Å². The van der Waals surface area contributed by atoms with E-state index in [1.165, 1.54) is 28.8 Å². The van der Waals surface area contributed by atoms with Gasteiger partial charge in [-0.05, 0) is 36.2 Å². The Bertz CT molecular complexity index is 1300. The molecule has 0 aliphatic carbocycles. The Morgan fingerprint density at radius 2 is 1.90 bits per heavy atom. The Balaban J connectivity index is 1.71. The molecule has 1 amide bonds. The lowest BCUT2D eigenvalue weighted by atomic mass is 10.2. The summed E-state index contributed by atoms with van der Waals surface area (Å²) in [6.45, 7) is 2.69. The summed E-state index contributed by atoms with van der Waals surface area (Å²) in [6, 6.07) is 12.9. The van der Waals surface area contributed by atoms with Gasteiger partial charge in [0.2, 0.25) is 0 Å². The number of hydrogen-bond donors (Lipinski definition) is 1. The molecule has 6 nitrogen and oxygen atoms in total. The van der Waals surface area contributed by atoms with Gasteiger partial charge < -0.3 is 9.88 Å². The second kappa shape index (κ2) is 7.67. The fraction of sp³-hybridized carbons (Fsp3) is 0.190. The normalized spacial score (nSPS) is 11.3. The fourth-order valence-corrected chi connectivity index (χ4v) is 3.56. The first-order valence-corrected chi connectivity index (χ1v) is 9.61. The van der Waals surface area contributed by atoms with Crippen molar-refractivity contribution in [1.82, 2.24) is 19.5 Å². The zero-order chi connectivity index (χ0) is 20.5. The minimum absolute atomic E-state index is 0.118. The van der Waals surface area contributed by atoms with Gasteiger partial charge in [0, 0.05) is 24.2 Å². The number of amides is 1. The Labute approximate surface area is 170 Å². The molecule has 0 saturated heterocycles. The van der Waals surface area contributed by atoms with E-state index in [1.807, 2.05) is 31.2 Å². The zero-order valence-electron chi connectivity index (χ0n) is 15.7. The number of carbonyl (C=O) groups is 1. The predicted octanol–water partition coefficient (Wildman–Crippen LogP) is 3.78. The molecule has 0 atom stereocenters. The van der Waals surface area contributed by atoms with Crippen LogP contribution < -0.4 is 10.9 Å². The molecule has 0 bridgehead atoms. The molecule has 148 valence electrons. The highest BCUT2D eigenvalue weighted by atomic mass is 35.5. The molecule has 0 fully saturated rings. The maximum absolute atomic E-state index is 13.2. The van der Waals surface area contributed by atoms with E-state index in [9.17, 15) is 14.0 Å². The fourth-order valence-electron chi connectivity index (χ4n) is 3.32. The summed E-state index contributed by atoms with van der Waals surface area (Å²) in [7, 11) is 0. The van der Waals surface area contributed by atoms with E-state index in [4.69, 9.17) is 11.6 Å². The van der Waals surface area contributed by atoms with Gasteiger partial charge in [0.1, 0.15) is 11.3 Å². The monoisotopic (exact) mass is 412 g/mol.